The van der Waals surface area contributed by atoms with Crippen LogP contribution in [0.1, 0.15) is 10.4 Å². The predicted octanol–water partition coefficient (Wildman–Crippen LogP) is 3.40. The minimum Gasteiger partial charge on any atom is -0.479 e. The largest absolute Gasteiger partial charge is 0.479 e. The van der Waals surface area contributed by atoms with E-state index in [0.717, 1.165) is 6.07 Å². The van der Waals surface area contributed by atoms with Crippen LogP contribution in [0.25, 0.3) is 0 Å². The highest BCUT2D eigenvalue weighted by Gasteiger charge is 2.16. The molecule has 0 aliphatic rings. The molecular weight excluding hydrogens is 322 g/mol. The highest BCUT2D eigenvalue weighted by molar-refractivity contribution is 6.34. The molecule has 0 fully saturated rings. The van der Waals surface area contributed by atoms with Crippen LogP contribution in [0.4, 0.5) is 11.4 Å². The van der Waals surface area contributed by atoms with Gasteiger partial charge in [-0.15, -0.1) is 0 Å². The van der Waals surface area contributed by atoms with E-state index < -0.39 is 10.8 Å². The first kappa shape index (κ1) is 16.3. The molecule has 2 aromatic carbocycles. The fourth-order valence-electron chi connectivity index (χ4n) is 1.75. The second kappa shape index (κ2) is 7.24. The summed E-state index contributed by atoms with van der Waals surface area (Å²) in [6.45, 7) is -0.0744. The Morgan fingerprint density at radius 1 is 1.30 bits per heavy atom. The first-order chi connectivity index (χ1) is 11.0. The van der Waals surface area contributed by atoms with Crippen molar-refractivity contribution in [1.82, 2.24) is 0 Å². The van der Waals surface area contributed by atoms with Gasteiger partial charge in [0.05, 0.1) is 15.5 Å². The van der Waals surface area contributed by atoms with Crippen LogP contribution in [0.2, 0.25) is 5.02 Å². The SMILES string of the molecule is N#CCOc1ccc(NC(=O)c2cc([N+](=O)[O-])ccc2Cl)cc1. The van der Waals surface area contributed by atoms with Crippen molar-refractivity contribution in [1.29, 1.82) is 5.26 Å². The summed E-state index contributed by atoms with van der Waals surface area (Å²) in [5, 5.41) is 21.9. The molecule has 0 atom stereocenters. The van der Waals surface area contributed by atoms with Crippen LogP contribution in [-0.4, -0.2) is 17.4 Å². The van der Waals surface area contributed by atoms with E-state index in [0.29, 0.717) is 11.4 Å². The lowest BCUT2D eigenvalue weighted by Gasteiger charge is -2.08. The Bertz CT molecular complexity index is 784. The van der Waals surface area contributed by atoms with E-state index in [1.54, 1.807) is 24.3 Å². The maximum absolute atomic E-state index is 12.2. The topological polar surface area (TPSA) is 105 Å². The first-order valence-corrected chi connectivity index (χ1v) is 6.74. The average molecular weight is 332 g/mol. The summed E-state index contributed by atoms with van der Waals surface area (Å²) in [5.74, 6) is -0.0812. The fourth-order valence-corrected chi connectivity index (χ4v) is 1.95. The van der Waals surface area contributed by atoms with Gasteiger partial charge in [-0.3, -0.25) is 14.9 Å². The summed E-state index contributed by atoms with van der Waals surface area (Å²) in [7, 11) is 0. The number of nitrogens with one attached hydrogen (secondary N) is 1. The van der Waals surface area contributed by atoms with Crippen molar-refractivity contribution in [3.8, 4) is 11.8 Å². The second-order valence-corrected chi connectivity index (χ2v) is 4.75. The summed E-state index contributed by atoms with van der Waals surface area (Å²) in [6, 6.07) is 11.8. The summed E-state index contributed by atoms with van der Waals surface area (Å²) in [4.78, 5) is 22.3. The smallest absolute Gasteiger partial charge is 0.270 e. The molecule has 0 radical (unpaired) electrons. The number of nitrogens with zero attached hydrogens (tertiary/aromatic N) is 2. The Morgan fingerprint density at radius 2 is 2.00 bits per heavy atom. The molecule has 1 N–H and O–H groups in total. The van der Waals surface area contributed by atoms with Gasteiger partial charge in [0.25, 0.3) is 11.6 Å². The Hall–Kier alpha value is -3.11. The fraction of sp³-hybridized carbons (Fsp3) is 0.0667. The third-order valence-electron chi connectivity index (χ3n) is 2.82. The van der Waals surface area contributed by atoms with Gasteiger partial charge in [0.2, 0.25) is 0 Å². The molecule has 0 aliphatic heterocycles. The Labute approximate surface area is 136 Å². The number of amides is 1. The quantitative estimate of drug-likeness (QED) is 0.667. The number of nitro groups is 1. The Kier molecular flexibility index (Phi) is 5.12. The van der Waals surface area contributed by atoms with Gasteiger partial charge in [-0.25, -0.2) is 0 Å². The van der Waals surface area contributed by atoms with Crippen LogP contribution >= 0.6 is 11.6 Å². The highest BCUT2D eigenvalue weighted by Crippen LogP contribution is 2.23. The molecule has 2 rings (SSSR count). The van der Waals surface area contributed by atoms with Crippen molar-refractivity contribution in [2.24, 2.45) is 0 Å². The maximum atomic E-state index is 12.2. The van der Waals surface area contributed by atoms with E-state index in [1.165, 1.54) is 12.1 Å². The lowest BCUT2D eigenvalue weighted by molar-refractivity contribution is -0.384. The van der Waals surface area contributed by atoms with Gasteiger partial charge in [-0.05, 0) is 30.3 Å². The molecule has 23 heavy (non-hydrogen) atoms. The third-order valence-corrected chi connectivity index (χ3v) is 3.15. The number of halogens is 1. The van der Waals surface area contributed by atoms with Crippen LogP contribution in [0.15, 0.2) is 42.5 Å². The molecule has 0 saturated heterocycles. The summed E-state index contributed by atoms with van der Waals surface area (Å²) in [6.07, 6.45) is 0. The molecule has 7 nitrogen and oxygen atoms in total. The molecular formula is C15H10ClN3O4. The number of non-ortho nitro benzene ring substituents is 1. The lowest BCUT2D eigenvalue weighted by atomic mass is 10.2. The third kappa shape index (κ3) is 4.18. The first-order valence-electron chi connectivity index (χ1n) is 6.36. The van der Waals surface area contributed by atoms with Crippen LogP contribution in [0.5, 0.6) is 5.75 Å². The number of carbonyl (C=O) groups is 1. The van der Waals surface area contributed by atoms with Gasteiger partial charge < -0.3 is 10.1 Å². The summed E-state index contributed by atoms with van der Waals surface area (Å²) < 4.78 is 5.09. The van der Waals surface area contributed by atoms with E-state index in [1.807, 2.05) is 6.07 Å². The predicted molar refractivity (Wildman–Crippen MR) is 83.6 cm³/mol. The number of carbonyl (C=O) groups excluding carboxylic acids is 1. The normalized spacial score (nSPS) is 9.74. The Morgan fingerprint density at radius 3 is 2.61 bits per heavy atom. The van der Waals surface area contributed by atoms with Crippen molar-refractivity contribution in [3.63, 3.8) is 0 Å². The van der Waals surface area contributed by atoms with E-state index in [-0.39, 0.29) is 22.9 Å². The van der Waals surface area contributed by atoms with Crippen molar-refractivity contribution >= 4 is 28.9 Å². The van der Waals surface area contributed by atoms with Crippen LogP contribution < -0.4 is 10.1 Å². The van der Waals surface area contributed by atoms with Crippen molar-refractivity contribution in [2.45, 2.75) is 0 Å². The minimum absolute atomic E-state index is 0.00525. The molecule has 1 amide bonds. The molecule has 0 aromatic heterocycles. The monoisotopic (exact) mass is 331 g/mol. The molecule has 0 saturated carbocycles. The summed E-state index contributed by atoms with van der Waals surface area (Å²) >= 11 is 5.91. The molecule has 116 valence electrons. The summed E-state index contributed by atoms with van der Waals surface area (Å²) in [5.41, 5.74) is 0.243. The van der Waals surface area contributed by atoms with Crippen molar-refractivity contribution in [2.75, 3.05) is 11.9 Å². The zero-order valence-corrected chi connectivity index (χ0v) is 12.4. The number of benzene rings is 2. The molecule has 0 bridgehead atoms. The van der Waals surface area contributed by atoms with Gasteiger partial charge >= 0.3 is 0 Å². The van der Waals surface area contributed by atoms with Crippen LogP contribution in [-0.2, 0) is 0 Å². The van der Waals surface area contributed by atoms with Crippen molar-refractivity contribution in [3.05, 3.63) is 63.2 Å². The van der Waals surface area contributed by atoms with E-state index >= 15 is 0 Å². The molecule has 2 aromatic rings. The van der Waals surface area contributed by atoms with Gasteiger partial charge in [-0.1, -0.05) is 11.6 Å². The van der Waals surface area contributed by atoms with Gasteiger partial charge in [-0.2, -0.15) is 5.26 Å². The standard InChI is InChI=1S/C15H10ClN3O4/c16-14-6-3-11(19(21)22)9-13(14)15(20)18-10-1-4-12(5-2-10)23-8-7-17/h1-6,9H,8H2,(H,18,20). The number of hydrogen-bond acceptors (Lipinski definition) is 5. The zero-order valence-electron chi connectivity index (χ0n) is 11.7. The number of nitro benzene ring substituents is 1. The number of nitriles is 1. The van der Waals surface area contributed by atoms with E-state index in [9.17, 15) is 14.9 Å². The lowest BCUT2D eigenvalue weighted by Crippen LogP contribution is -2.12. The van der Waals surface area contributed by atoms with Gasteiger partial charge in [0.15, 0.2) is 6.61 Å². The number of anilines is 1. The van der Waals surface area contributed by atoms with Gasteiger partial charge in [0.1, 0.15) is 11.8 Å². The Balaban J connectivity index is 2.14. The van der Waals surface area contributed by atoms with Gasteiger partial charge in [0, 0.05) is 17.8 Å². The zero-order chi connectivity index (χ0) is 16.8. The molecule has 0 unspecified atom stereocenters. The van der Waals surface area contributed by atoms with Crippen LogP contribution in [0, 0.1) is 21.4 Å². The minimum atomic E-state index is -0.603. The van der Waals surface area contributed by atoms with E-state index in [2.05, 4.69) is 5.32 Å². The second-order valence-electron chi connectivity index (χ2n) is 4.35. The molecule has 0 spiro atoms. The van der Waals surface area contributed by atoms with Crippen LogP contribution in [0.3, 0.4) is 0 Å². The highest BCUT2D eigenvalue weighted by atomic mass is 35.5. The number of rotatable bonds is 5. The maximum Gasteiger partial charge on any atom is 0.270 e. The van der Waals surface area contributed by atoms with E-state index in [4.69, 9.17) is 21.6 Å². The number of hydrogen-bond donors (Lipinski definition) is 1. The molecule has 8 heteroatoms. The average Bonchev–Trinajstić information content (AvgIpc) is 2.54. The van der Waals surface area contributed by atoms with Crippen molar-refractivity contribution < 1.29 is 14.5 Å². The molecule has 0 heterocycles. The molecule has 0 aliphatic carbocycles. The number of ether oxygens (including phenoxy) is 1.